The fourth-order valence-corrected chi connectivity index (χ4v) is 8.88. The third-order valence-electron chi connectivity index (χ3n) is 7.70. The van der Waals surface area contributed by atoms with Gasteiger partial charge in [0, 0.05) is 0 Å². The minimum absolute atomic E-state index is 0.115. The number of halogens is 2. The third kappa shape index (κ3) is 7.57. The molecule has 0 aliphatic carbocycles. The van der Waals surface area contributed by atoms with Crippen LogP contribution in [0.1, 0.15) is 40.8 Å². The average molecular weight is 713 g/mol. The molecule has 0 nitrogen and oxygen atoms in total. The second kappa shape index (κ2) is 15.0. The molecule has 4 heteroatoms. The van der Waals surface area contributed by atoms with E-state index in [1.807, 2.05) is 42.5 Å². The van der Waals surface area contributed by atoms with Crippen LogP contribution in [0, 0.1) is 11.6 Å². The third-order valence-corrected chi connectivity index (χ3v) is 12.7. The fourth-order valence-electron chi connectivity index (χ4n) is 4.97. The summed E-state index contributed by atoms with van der Waals surface area (Å²) < 4.78 is 33.8. The molecule has 0 aliphatic rings. The van der Waals surface area contributed by atoms with Crippen molar-refractivity contribution >= 4 is 35.1 Å². The van der Waals surface area contributed by atoms with Gasteiger partial charge in [-0.3, -0.25) is 0 Å². The van der Waals surface area contributed by atoms with Crippen LogP contribution in [0.5, 0.6) is 0 Å². The first-order valence-electron chi connectivity index (χ1n) is 15.0. The average Bonchev–Trinajstić information content (AvgIpc) is 3.75. The van der Waals surface area contributed by atoms with Gasteiger partial charge in [0.1, 0.15) is 0 Å². The van der Waals surface area contributed by atoms with Crippen molar-refractivity contribution < 1.29 is 8.78 Å². The molecule has 2 heterocycles. The summed E-state index contributed by atoms with van der Waals surface area (Å²) >= 11 is 0.437. The summed E-state index contributed by atoms with van der Waals surface area (Å²) in [5, 5.41) is 0. The van der Waals surface area contributed by atoms with Gasteiger partial charge in [0.2, 0.25) is 0 Å². The van der Waals surface area contributed by atoms with E-state index in [-0.39, 0.29) is 40.6 Å². The second-order valence-corrected chi connectivity index (χ2v) is 15.3. The van der Waals surface area contributed by atoms with Crippen LogP contribution in [0.4, 0.5) is 8.78 Å². The molecule has 0 aliphatic heterocycles. The first-order valence-corrected chi connectivity index (χ1v) is 18.4. The normalized spacial score (nSPS) is 10.8. The molecule has 4 aromatic carbocycles. The molecule has 2 aromatic heterocycles. The number of aryl methyl sites for hydroxylation is 3. The first kappa shape index (κ1) is 31.9. The Morgan fingerprint density at radius 2 is 0.977 bits per heavy atom. The van der Waals surface area contributed by atoms with Gasteiger partial charge in [-0.1, -0.05) is 0 Å². The van der Waals surface area contributed by atoms with Crippen LogP contribution < -0.4 is 0 Å². The Morgan fingerprint density at radius 1 is 0.523 bits per heavy atom. The van der Waals surface area contributed by atoms with Crippen LogP contribution >= 0.6 is 0 Å². The van der Waals surface area contributed by atoms with Crippen molar-refractivity contribution in [3.05, 3.63) is 147 Å². The summed E-state index contributed by atoms with van der Waals surface area (Å²) in [6.45, 7) is 10.2. The van der Waals surface area contributed by atoms with Crippen molar-refractivity contribution in [1.29, 1.82) is 0 Å². The Morgan fingerprint density at radius 3 is 1.36 bits per heavy atom. The van der Waals surface area contributed by atoms with Crippen molar-refractivity contribution in [2.45, 2.75) is 40.0 Å². The van der Waals surface area contributed by atoms with Crippen molar-refractivity contribution in [1.82, 2.24) is 0 Å². The number of hydrogen-bond acceptors (Lipinski definition) is 0. The fraction of sp³-hybridized carbons (Fsp3) is 0.150. The van der Waals surface area contributed by atoms with Crippen molar-refractivity contribution in [2.75, 3.05) is 0 Å². The topological polar surface area (TPSA) is 0 Å². The quantitative estimate of drug-likeness (QED) is 0.138. The molecule has 6 rings (SSSR count). The molecule has 0 unspecified atom stereocenters. The molecule has 222 valence electrons. The molecule has 0 fully saturated rings. The predicted molar refractivity (Wildman–Crippen MR) is 187 cm³/mol. The van der Waals surface area contributed by atoms with E-state index in [1.165, 1.54) is 20.0 Å². The zero-order valence-electron chi connectivity index (χ0n) is 25.4. The minimum atomic E-state index is -0.149. The summed E-state index contributed by atoms with van der Waals surface area (Å²) in [4.78, 5) is 0. The van der Waals surface area contributed by atoms with E-state index in [1.54, 1.807) is 12.1 Å². The summed E-state index contributed by atoms with van der Waals surface area (Å²) in [6, 6.07) is 36.1. The maximum absolute atomic E-state index is 14.5. The summed E-state index contributed by atoms with van der Waals surface area (Å²) in [6.07, 6.45) is 4.95. The van der Waals surface area contributed by atoms with Gasteiger partial charge in [-0.2, -0.15) is 0 Å². The van der Waals surface area contributed by atoms with Gasteiger partial charge in [-0.05, 0) is 0 Å². The molecule has 6 aromatic rings. The Bertz CT molecular complexity index is 1840. The van der Waals surface area contributed by atoms with Crippen LogP contribution in [0.2, 0.25) is 0 Å². The zero-order valence-corrected chi connectivity index (χ0v) is 28.8. The van der Waals surface area contributed by atoms with Crippen LogP contribution in [-0.4, -0.2) is 29.0 Å². The van der Waals surface area contributed by atoms with Gasteiger partial charge in [-0.25, -0.2) is 0 Å². The molecular weight excluding hydrogens is 676 g/mol. The van der Waals surface area contributed by atoms with E-state index in [0.717, 1.165) is 56.0 Å². The van der Waals surface area contributed by atoms with Gasteiger partial charge in [0.25, 0.3) is 0 Å². The second-order valence-electron chi connectivity index (χ2n) is 10.5. The molecule has 0 bridgehead atoms. The van der Waals surface area contributed by atoms with Crippen LogP contribution in [0.3, 0.4) is 0 Å². The molecule has 0 radical (unpaired) electrons. The molecule has 0 N–H and O–H groups in total. The molecule has 44 heavy (non-hydrogen) atoms. The molecular formula is C40H36F2Se2. The van der Waals surface area contributed by atoms with Crippen molar-refractivity contribution in [2.24, 2.45) is 0 Å². The first-order chi connectivity index (χ1) is 21.4. The molecule has 0 amide bonds. The summed E-state index contributed by atoms with van der Waals surface area (Å²) in [7, 11) is 0. The van der Waals surface area contributed by atoms with E-state index in [0.29, 0.717) is 5.56 Å². The Hall–Kier alpha value is -3.52. The number of benzene rings is 4. The SMILES string of the molecule is C=Cc1ccc(-c2ccc(-c3ccc(CC)cc3)cc2F)[se]1.CCc1ccc(-c2ccc(-c3ccc(CC)[se]3)c(F)c2)cc1. The Balaban J connectivity index is 0.000000175. The molecule has 0 saturated carbocycles. The molecule has 0 spiro atoms. The Kier molecular flexibility index (Phi) is 10.9. The summed E-state index contributed by atoms with van der Waals surface area (Å²) in [5.74, 6) is -0.264. The predicted octanol–water partition coefficient (Wildman–Crippen LogP) is 10.8. The molecule has 0 atom stereocenters. The van der Waals surface area contributed by atoms with E-state index in [4.69, 9.17) is 0 Å². The van der Waals surface area contributed by atoms with Gasteiger partial charge >= 0.3 is 274 Å². The van der Waals surface area contributed by atoms with Gasteiger partial charge in [-0.15, -0.1) is 0 Å². The monoisotopic (exact) mass is 714 g/mol. The zero-order chi connectivity index (χ0) is 31.1. The van der Waals surface area contributed by atoms with Crippen molar-refractivity contribution in [3.63, 3.8) is 0 Å². The van der Waals surface area contributed by atoms with E-state index >= 15 is 0 Å². The van der Waals surface area contributed by atoms with Crippen LogP contribution in [0.25, 0.3) is 48.3 Å². The van der Waals surface area contributed by atoms with Crippen molar-refractivity contribution in [3.8, 4) is 42.3 Å². The number of rotatable bonds is 8. The summed E-state index contributed by atoms with van der Waals surface area (Å²) in [5.41, 5.74) is 8.06. The number of hydrogen-bond donors (Lipinski definition) is 0. The van der Waals surface area contributed by atoms with E-state index < -0.39 is 0 Å². The molecule has 0 saturated heterocycles. The van der Waals surface area contributed by atoms with Gasteiger partial charge in [0.15, 0.2) is 0 Å². The standard InChI is InChI=1S/C20H19FSe.C20H17FSe/c2*1-3-14-5-7-15(8-6-14)16-9-11-18(19(21)13-16)20-12-10-17(4-2)22-20/h5-13H,3-4H2,1-2H3;4-13H,2-3H2,1H3. The Labute approximate surface area is 272 Å². The van der Waals surface area contributed by atoms with Crippen LogP contribution in [-0.2, 0) is 19.3 Å². The van der Waals surface area contributed by atoms with E-state index in [2.05, 4.69) is 88.0 Å². The van der Waals surface area contributed by atoms with Crippen LogP contribution in [0.15, 0.2) is 116 Å². The van der Waals surface area contributed by atoms with Gasteiger partial charge in [0.05, 0.1) is 0 Å². The van der Waals surface area contributed by atoms with E-state index in [9.17, 15) is 8.78 Å². The van der Waals surface area contributed by atoms with Gasteiger partial charge < -0.3 is 0 Å². The maximum atomic E-state index is 14.5.